The minimum Gasteiger partial charge on any atom is -0.438 e. The van der Waals surface area contributed by atoms with Gasteiger partial charge >= 0.3 is 0 Å². The summed E-state index contributed by atoms with van der Waals surface area (Å²) in [5.41, 5.74) is 11.4. The molecule has 0 fully saturated rings. The maximum atomic E-state index is 6.10. The lowest BCUT2D eigenvalue weighted by atomic mass is 9.93. The highest BCUT2D eigenvalue weighted by molar-refractivity contribution is 6.13. The maximum Gasteiger partial charge on any atom is 0.227 e. The third-order valence-electron chi connectivity index (χ3n) is 10.1. The van der Waals surface area contributed by atoms with Crippen LogP contribution >= 0.6 is 0 Å². The quantitative estimate of drug-likeness (QED) is 0.166. The third-order valence-corrected chi connectivity index (χ3v) is 10.1. The van der Waals surface area contributed by atoms with Gasteiger partial charge in [-0.3, -0.25) is 0 Å². The number of hydrogen-bond donors (Lipinski definition) is 0. The zero-order chi connectivity index (χ0) is 34.4. The molecular formula is C49H32N2O. The summed E-state index contributed by atoms with van der Waals surface area (Å²) in [6.45, 7) is 0. The van der Waals surface area contributed by atoms with Crippen molar-refractivity contribution in [2.75, 3.05) is 4.90 Å². The highest BCUT2D eigenvalue weighted by atomic mass is 16.3. The van der Waals surface area contributed by atoms with E-state index < -0.39 is 0 Å². The van der Waals surface area contributed by atoms with Crippen LogP contribution in [0.25, 0.3) is 77.1 Å². The van der Waals surface area contributed by atoms with Gasteiger partial charge in [0.25, 0.3) is 0 Å². The third kappa shape index (κ3) is 5.19. The molecule has 0 aliphatic carbocycles. The van der Waals surface area contributed by atoms with Crippen molar-refractivity contribution in [2.24, 2.45) is 0 Å². The van der Waals surface area contributed by atoms with Gasteiger partial charge in [-0.25, -0.2) is 4.98 Å². The summed E-state index contributed by atoms with van der Waals surface area (Å²) in [5, 5.41) is 7.16. The Kier molecular flexibility index (Phi) is 7.14. The van der Waals surface area contributed by atoms with E-state index in [0.717, 1.165) is 44.7 Å². The summed E-state index contributed by atoms with van der Waals surface area (Å²) in [7, 11) is 0. The van der Waals surface area contributed by atoms with Gasteiger partial charge in [-0.1, -0.05) is 133 Å². The second-order valence-corrected chi connectivity index (χ2v) is 13.2. The largest absolute Gasteiger partial charge is 0.438 e. The summed E-state index contributed by atoms with van der Waals surface area (Å²) in [5.74, 6) is 0. The first-order valence-electron chi connectivity index (χ1n) is 17.6. The van der Waals surface area contributed by atoms with Crippen LogP contribution in [-0.2, 0) is 0 Å². The Morgan fingerprint density at radius 3 is 1.62 bits per heavy atom. The number of aromatic nitrogens is 1. The van der Waals surface area contributed by atoms with Gasteiger partial charge in [0, 0.05) is 33.4 Å². The van der Waals surface area contributed by atoms with E-state index in [4.69, 9.17) is 9.40 Å². The Hall–Kier alpha value is -6.97. The molecule has 2 aromatic heterocycles. The fourth-order valence-electron chi connectivity index (χ4n) is 7.51. The molecule has 0 N–H and O–H groups in total. The van der Waals surface area contributed by atoms with Crippen LogP contribution in [0.1, 0.15) is 0 Å². The Balaban J connectivity index is 1.05. The van der Waals surface area contributed by atoms with Crippen molar-refractivity contribution in [3.05, 3.63) is 194 Å². The first kappa shape index (κ1) is 29.9. The molecule has 0 saturated heterocycles. The van der Waals surface area contributed by atoms with Crippen LogP contribution in [0.15, 0.2) is 199 Å². The summed E-state index contributed by atoms with van der Waals surface area (Å²) in [4.78, 5) is 7.23. The number of anilines is 3. The first-order valence-corrected chi connectivity index (χ1v) is 17.6. The summed E-state index contributed by atoms with van der Waals surface area (Å²) < 4.78 is 6.10. The van der Waals surface area contributed by atoms with E-state index in [1.54, 1.807) is 0 Å². The van der Waals surface area contributed by atoms with E-state index in [0.29, 0.717) is 5.71 Å². The average molecular weight is 665 g/mol. The van der Waals surface area contributed by atoms with E-state index in [2.05, 4.69) is 181 Å². The van der Waals surface area contributed by atoms with Gasteiger partial charge in [0.1, 0.15) is 5.58 Å². The van der Waals surface area contributed by atoms with Gasteiger partial charge in [0.05, 0.1) is 5.69 Å². The standard InChI is InChI=1S/C49H32N2O/c1-2-10-33(11-3-1)34-18-24-38(25-19-34)51(40-28-22-36(23-29-40)47-31-30-45-44-16-8-9-17-48(44)52-49(45)50-47)39-26-20-35(21-27-39)46-32-37-12-4-5-13-41(37)42-14-6-7-15-43(42)46/h1-32H. The lowest BCUT2D eigenvalue weighted by Crippen LogP contribution is -2.09. The summed E-state index contributed by atoms with van der Waals surface area (Å²) in [6, 6.07) is 68.9. The van der Waals surface area contributed by atoms with Crippen molar-refractivity contribution in [1.82, 2.24) is 4.98 Å². The molecule has 0 spiro atoms. The Morgan fingerprint density at radius 2 is 0.904 bits per heavy atom. The topological polar surface area (TPSA) is 29.3 Å². The minimum atomic E-state index is 0.655. The Labute approximate surface area is 301 Å². The van der Waals surface area contributed by atoms with Crippen LogP contribution in [0.4, 0.5) is 17.1 Å². The monoisotopic (exact) mass is 664 g/mol. The summed E-state index contributed by atoms with van der Waals surface area (Å²) in [6.07, 6.45) is 0. The molecule has 52 heavy (non-hydrogen) atoms. The molecule has 0 aliphatic rings. The number of benzene rings is 8. The predicted molar refractivity (Wildman–Crippen MR) is 218 cm³/mol. The molecule has 0 saturated carbocycles. The molecule has 0 radical (unpaired) electrons. The van der Waals surface area contributed by atoms with Crippen molar-refractivity contribution in [3.8, 4) is 33.5 Å². The van der Waals surface area contributed by atoms with E-state index in [-0.39, 0.29) is 0 Å². The lowest BCUT2D eigenvalue weighted by molar-refractivity contribution is 0.654. The Morgan fingerprint density at radius 1 is 0.365 bits per heavy atom. The fourth-order valence-corrected chi connectivity index (χ4v) is 7.51. The Bertz CT molecular complexity index is 2870. The highest BCUT2D eigenvalue weighted by Crippen LogP contribution is 2.40. The predicted octanol–water partition coefficient (Wildman–Crippen LogP) is 13.8. The molecule has 10 rings (SSSR count). The number of furan rings is 1. The molecule has 3 heteroatoms. The van der Waals surface area contributed by atoms with E-state index in [1.807, 2.05) is 18.2 Å². The van der Waals surface area contributed by atoms with Crippen LogP contribution in [-0.4, -0.2) is 4.98 Å². The number of pyridine rings is 1. The van der Waals surface area contributed by atoms with Crippen molar-refractivity contribution in [2.45, 2.75) is 0 Å². The molecule has 2 heterocycles. The molecule has 8 aromatic carbocycles. The van der Waals surface area contributed by atoms with Crippen molar-refractivity contribution in [1.29, 1.82) is 0 Å². The van der Waals surface area contributed by atoms with E-state index in [9.17, 15) is 0 Å². The number of nitrogens with zero attached hydrogens (tertiary/aromatic N) is 2. The van der Waals surface area contributed by atoms with E-state index >= 15 is 0 Å². The zero-order valence-electron chi connectivity index (χ0n) is 28.3. The van der Waals surface area contributed by atoms with Crippen LogP contribution in [0, 0.1) is 0 Å². The number of para-hydroxylation sites is 1. The van der Waals surface area contributed by atoms with Crippen LogP contribution in [0.5, 0.6) is 0 Å². The molecule has 3 nitrogen and oxygen atoms in total. The van der Waals surface area contributed by atoms with Gasteiger partial charge in [-0.05, 0) is 104 Å². The zero-order valence-corrected chi connectivity index (χ0v) is 28.3. The van der Waals surface area contributed by atoms with Crippen LogP contribution in [0.3, 0.4) is 0 Å². The molecule has 244 valence electrons. The lowest BCUT2D eigenvalue weighted by Gasteiger charge is -2.26. The molecule has 0 bridgehead atoms. The molecule has 0 amide bonds. The number of fused-ring (bicyclic) bond motifs is 6. The van der Waals surface area contributed by atoms with Gasteiger partial charge in [-0.2, -0.15) is 0 Å². The molecule has 0 aliphatic heterocycles. The van der Waals surface area contributed by atoms with Crippen molar-refractivity contribution in [3.63, 3.8) is 0 Å². The average Bonchev–Trinajstić information content (AvgIpc) is 3.60. The van der Waals surface area contributed by atoms with Crippen LogP contribution in [0.2, 0.25) is 0 Å². The SMILES string of the molecule is c1ccc(-c2ccc(N(c3ccc(-c4ccc5c(n4)oc4ccccc45)cc3)c3ccc(-c4cc5ccccc5c5ccccc45)cc3)cc2)cc1. The first-order chi connectivity index (χ1) is 25.8. The molecule has 10 aromatic rings. The second-order valence-electron chi connectivity index (χ2n) is 13.2. The van der Waals surface area contributed by atoms with Crippen molar-refractivity contribution < 1.29 is 4.42 Å². The van der Waals surface area contributed by atoms with Gasteiger partial charge in [0.15, 0.2) is 0 Å². The maximum absolute atomic E-state index is 6.10. The van der Waals surface area contributed by atoms with Crippen molar-refractivity contribution >= 4 is 60.7 Å². The fraction of sp³-hybridized carbons (Fsp3) is 0. The smallest absolute Gasteiger partial charge is 0.227 e. The summed E-state index contributed by atoms with van der Waals surface area (Å²) >= 11 is 0. The molecular weight excluding hydrogens is 633 g/mol. The van der Waals surface area contributed by atoms with Crippen LogP contribution < -0.4 is 4.90 Å². The normalized spacial score (nSPS) is 11.5. The molecule has 0 unspecified atom stereocenters. The molecule has 0 atom stereocenters. The highest BCUT2D eigenvalue weighted by Gasteiger charge is 2.16. The minimum absolute atomic E-state index is 0.655. The second kappa shape index (κ2) is 12.4. The number of hydrogen-bond acceptors (Lipinski definition) is 3. The van der Waals surface area contributed by atoms with Gasteiger partial charge < -0.3 is 9.32 Å². The van der Waals surface area contributed by atoms with Gasteiger partial charge in [0.2, 0.25) is 5.71 Å². The number of rotatable bonds is 6. The van der Waals surface area contributed by atoms with E-state index in [1.165, 1.54) is 43.8 Å². The van der Waals surface area contributed by atoms with Gasteiger partial charge in [-0.15, -0.1) is 0 Å².